The van der Waals surface area contributed by atoms with E-state index in [-0.39, 0.29) is 0 Å². The van der Waals surface area contributed by atoms with E-state index in [4.69, 9.17) is 5.73 Å². The number of benzene rings is 1. The lowest BCUT2D eigenvalue weighted by atomic mass is 9.91. The molecule has 112 valence electrons. The fraction of sp³-hybridized carbons (Fsp3) is 0.556. The van der Waals surface area contributed by atoms with Gasteiger partial charge in [-0.3, -0.25) is 0 Å². The fourth-order valence-electron chi connectivity index (χ4n) is 2.61. The number of nitrogen functional groups attached to an aromatic ring is 1. The third kappa shape index (κ3) is 4.50. The number of hydrogen-bond donors (Lipinski definition) is 1. The highest BCUT2D eigenvalue weighted by Crippen LogP contribution is 2.27. The van der Waals surface area contributed by atoms with Gasteiger partial charge in [0.2, 0.25) is 0 Å². The molecule has 0 aromatic heterocycles. The second-order valence-corrected chi connectivity index (χ2v) is 5.50. The van der Waals surface area contributed by atoms with Gasteiger partial charge in [0.15, 0.2) is 0 Å². The molecule has 3 nitrogen and oxygen atoms in total. The molecule has 0 saturated heterocycles. The maximum Gasteiger partial charge on any atom is 0.102 e. The van der Waals surface area contributed by atoms with Crippen LogP contribution in [0.1, 0.15) is 74.6 Å². The summed E-state index contributed by atoms with van der Waals surface area (Å²) in [6.45, 7) is 4.32. The zero-order valence-electron chi connectivity index (χ0n) is 13.2. The summed E-state index contributed by atoms with van der Waals surface area (Å²) in [4.78, 5) is 0. The van der Waals surface area contributed by atoms with Crippen LogP contribution in [0.25, 0.3) is 0 Å². The van der Waals surface area contributed by atoms with Gasteiger partial charge in [-0.05, 0) is 36.8 Å². The van der Waals surface area contributed by atoms with E-state index in [1.807, 2.05) is 6.07 Å². The van der Waals surface area contributed by atoms with E-state index in [0.717, 1.165) is 62.5 Å². The van der Waals surface area contributed by atoms with E-state index in [9.17, 15) is 10.5 Å². The molecule has 0 bridgehead atoms. The van der Waals surface area contributed by atoms with Crippen LogP contribution in [0.4, 0.5) is 5.69 Å². The minimum Gasteiger partial charge on any atom is -0.397 e. The van der Waals surface area contributed by atoms with Crippen molar-refractivity contribution in [3.05, 3.63) is 28.3 Å². The summed E-state index contributed by atoms with van der Waals surface area (Å²) in [5.41, 5.74) is 9.46. The molecule has 21 heavy (non-hydrogen) atoms. The Morgan fingerprint density at radius 1 is 0.857 bits per heavy atom. The van der Waals surface area contributed by atoms with Crippen LogP contribution in [0.2, 0.25) is 0 Å². The number of rotatable bonds is 8. The normalized spacial score (nSPS) is 10.1. The lowest BCUT2D eigenvalue weighted by molar-refractivity contribution is 0.707. The second-order valence-electron chi connectivity index (χ2n) is 5.50. The molecule has 0 atom stereocenters. The molecule has 0 unspecified atom stereocenters. The first-order chi connectivity index (χ1) is 10.2. The maximum absolute atomic E-state index is 9.34. The predicted molar refractivity (Wildman–Crippen MR) is 86.7 cm³/mol. The third-order valence-corrected chi connectivity index (χ3v) is 3.85. The topological polar surface area (TPSA) is 73.6 Å². The molecule has 0 amide bonds. The first-order valence-corrected chi connectivity index (χ1v) is 7.93. The molecule has 0 saturated carbocycles. The summed E-state index contributed by atoms with van der Waals surface area (Å²) in [5.74, 6) is 0. The quantitative estimate of drug-likeness (QED) is 0.564. The summed E-state index contributed by atoms with van der Waals surface area (Å²) in [5, 5.41) is 18.7. The van der Waals surface area contributed by atoms with E-state index in [1.165, 1.54) is 0 Å². The summed E-state index contributed by atoms with van der Waals surface area (Å²) in [7, 11) is 0. The van der Waals surface area contributed by atoms with Gasteiger partial charge in [-0.2, -0.15) is 10.5 Å². The minimum atomic E-state index is 0.375. The maximum atomic E-state index is 9.34. The van der Waals surface area contributed by atoms with E-state index in [0.29, 0.717) is 16.8 Å². The number of nitriles is 2. The van der Waals surface area contributed by atoms with Crippen LogP contribution in [0.5, 0.6) is 0 Å². The monoisotopic (exact) mass is 283 g/mol. The van der Waals surface area contributed by atoms with Gasteiger partial charge in [0.1, 0.15) is 12.1 Å². The SMILES string of the molecule is CCCCCc1cc(CCCCC)c(C#N)c(N)c1C#N. The van der Waals surface area contributed by atoms with Crippen LogP contribution in [-0.4, -0.2) is 0 Å². The number of aryl methyl sites for hydroxylation is 2. The summed E-state index contributed by atoms with van der Waals surface area (Å²) >= 11 is 0. The molecule has 3 heteroatoms. The number of nitrogens with two attached hydrogens (primary N) is 1. The Kier molecular flexibility index (Phi) is 7.33. The molecule has 1 aromatic carbocycles. The first-order valence-electron chi connectivity index (χ1n) is 7.93. The Labute approximate surface area is 128 Å². The molecule has 0 aliphatic carbocycles. The highest BCUT2D eigenvalue weighted by Gasteiger charge is 2.15. The van der Waals surface area contributed by atoms with Crippen molar-refractivity contribution in [2.45, 2.75) is 65.2 Å². The fourth-order valence-corrected chi connectivity index (χ4v) is 2.61. The molecule has 1 aromatic rings. The van der Waals surface area contributed by atoms with Crippen molar-refractivity contribution >= 4 is 5.69 Å². The van der Waals surface area contributed by atoms with Gasteiger partial charge in [-0.1, -0.05) is 45.6 Å². The highest BCUT2D eigenvalue weighted by molar-refractivity contribution is 5.69. The highest BCUT2D eigenvalue weighted by atomic mass is 14.6. The van der Waals surface area contributed by atoms with Crippen molar-refractivity contribution in [2.24, 2.45) is 0 Å². The molecule has 1 rings (SSSR count). The van der Waals surface area contributed by atoms with Crippen molar-refractivity contribution in [3.63, 3.8) is 0 Å². The predicted octanol–water partition coefficient (Wildman–Crippen LogP) is 4.48. The summed E-state index contributed by atoms with van der Waals surface area (Å²) in [6.07, 6.45) is 8.45. The smallest absolute Gasteiger partial charge is 0.102 e. The van der Waals surface area contributed by atoms with E-state index < -0.39 is 0 Å². The number of nitrogens with zero attached hydrogens (tertiary/aromatic N) is 2. The van der Waals surface area contributed by atoms with Gasteiger partial charge in [0.25, 0.3) is 0 Å². The van der Waals surface area contributed by atoms with Crippen LogP contribution in [-0.2, 0) is 12.8 Å². The average Bonchev–Trinajstić information content (AvgIpc) is 2.48. The lowest BCUT2D eigenvalue weighted by Gasteiger charge is -2.13. The van der Waals surface area contributed by atoms with Gasteiger partial charge < -0.3 is 5.73 Å². The standard InChI is InChI=1S/C18H25N3/c1-3-5-7-9-14-11-15(10-8-6-4-2)17(13-20)18(21)16(14)12-19/h11H,3-10,21H2,1-2H3. The van der Waals surface area contributed by atoms with Gasteiger partial charge in [0, 0.05) is 0 Å². The Morgan fingerprint density at radius 3 is 1.62 bits per heavy atom. The van der Waals surface area contributed by atoms with Crippen LogP contribution in [0, 0.1) is 22.7 Å². The Balaban J connectivity index is 3.12. The molecule has 2 N–H and O–H groups in total. The van der Waals surface area contributed by atoms with Crippen molar-refractivity contribution in [3.8, 4) is 12.1 Å². The zero-order chi connectivity index (χ0) is 15.7. The molecular weight excluding hydrogens is 258 g/mol. The van der Waals surface area contributed by atoms with Crippen LogP contribution in [0.15, 0.2) is 6.07 Å². The summed E-state index contributed by atoms with van der Waals surface area (Å²) in [6, 6.07) is 6.41. The number of anilines is 1. The second kappa shape index (κ2) is 9.03. The van der Waals surface area contributed by atoms with Gasteiger partial charge in [0.05, 0.1) is 16.8 Å². The van der Waals surface area contributed by atoms with Crippen molar-refractivity contribution in [1.82, 2.24) is 0 Å². The molecule has 0 heterocycles. The van der Waals surface area contributed by atoms with Gasteiger partial charge in [-0.15, -0.1) is 0 Å². The van der Waals surface area contributed by atoms with Gasteiger partial charge in [-0.25, -0.2) is 0 Å². The minimum absolute atomic E-state index is 0.375. The average molecular weight is 283 g/mol. The molecule has 0 fully saturated rings. The largest absolute Gasteiger partial charge is 0.397 e. The number of hydrogen-bond acceptors (Lipinski definition) is 3. The van der Waals surface area contributed by atoms with Crippen LogP contribution in [0.3, 0.4) is 0 Å². The molecule has 0 aliphatic rings. The van der Waals surface area contributed by atoms with E-state index in [2.05, 4.69) is 26.0 Å². The van der Waals surface area contributed by atoms with E-state index in [1.54, 1.807) is 0 Å². The van der Waals surface area contributed by atoms with Crippen molar-refractivity contribution in [2.75, 3.05) is 5.73 Å². The van der Waals surface area contributed by atoms with Crippen LogP contribution >= 0.6 is 0 Å². The molecule has 0 spiro atoms. The number of unbranched alkanes of at least 4 members (excludes halogenated alkanes) is 4. The van der Waals surface area contributed by atoms with Crippen molar-refractivity contribution < 1.29 is 0 Å². The summed E-state index contributed by atoms with van der Waals surface area (Å²) < 4.78 is 0. The Morgan fingerprint density at radius 2 is 1.29 bits per heavy atom. The first kappa shape index (κ1) is 17.1. The Bertz CT molecular complexity index is 501. The third-order valence-electron chi connectivity index (χ3n) is 3.85. The van der Waals surface area contributed by atoms with E-state index >= 15 is 0 Å². The molecule has 0 radical (unpaired) electrons. The molecule has 0 aliphatic heterocycles. The lowest BCUT2D eigenvalue weighted by Crippen LogP contribution is -2.05. The molecular formula is C18H25N3. The van der Waals surface area contributed by atoms with Gasteiger partial charge >= 0.3 is 0 Å². The van der Waals surface area contributed by atoms with Crippen LogP contribution < -0.4 is 5.73 Å². The zero-order valence-corrected chi connectivity index (χ0v) is 13.2. The Hall–Kier alpha value is -2.00. The van der Waals surface area contributed by atoms with Crippen molar-refractivity contribution in [1.29, 1.82) is 10.5 Å².